The zero-order valence-corrected chi connectivity index (χ0v) is 13.2. The molecule has 0 fully saturated rings. The van der Waals surface area contributed by atoms with Crippen molar-refractivity contribution >= 4 is 17.3 Å². The van der Waals surface area contributed by atoms with Crippen LogP contribution >= 0.6 is 0 Å². The Morgan fingerprint density at radius 2 is 2.24 bits per heavy atom. The molecule has 0 saturated heterocycles. The average Bonchev–Trinajstić information content (AvgIpc) is 2.50. The van der Waals surface area contributed by atoms with Gasteiger partial charge in [0.2, 0.25) is 5.91 Å². The van der Waals surface area contributed by atoms with Gasteiger partial charge in [-0.3, -0.25) is 4.79 Å². The summed E-state index contributed by atoms with van der Waals surface area (Å²) in [6, 6.07) is 5.84. The number of benzene rings is 1. The van der Waals surface area contributed by atoms with Crippen LogP contribution in [0.4, 0.5) is 11.4 Å². The molecule has 1 atom stereocenters. The van der Waals surface area contributed by atoms with E-state index in [-0.39, 0.29) is 11.9 Å². The standard InChI is InChI=1S/C17H27N3O/c1-3-4-5-11-19-17(21)13(2)20-12-7-8-14-15(18)9-6-10-16(14)20/h6,9-10,13H,3-5,7-8,11-12,18H2,1-2H3,(H,19,21). The molecule has 116 valence electrons. The second-order valence-electron chi connectivity index (χ2n) is 5.82. The number of carbonyl (C=O) groups excluding carboxylic acids is 1. The maximum absolute atomic E-state index is 12.3. The van der Waals surface area contributed by atoms with Gasteiger partial charge in [0.25, 0.3) is 0 Å². The van der Waals surface area contributed by atoms with Gasteiger partial charge >= 0.3 is 0 Å². The highest BCUT2D eigenvalue weighted by atomic mass is 16.2. The molecule has 0 bridgehead atoms. The topological polar surface area (TPSA) is 58.4 Å². The van der Waals surface area contributed by atoms with Gasteiger partial charge in [-0.15, -0.1) is 0 Å². The van der Waals surface area contributed by atoms with Gasteiger partial charge in [-0.1, -0.05) is 25.8 Å². The summed E-state index contributed by atoms with van der Waals surface area (Å²) in [5.41, 5.74) is 9.22. The highest BCUT2D eigenvalue weighted by molar-refractivity contribution is 5.85. The molecule has 21 heavy (non-hydrogen) atoms. The Morgan fingerprint density at radius 3 is 3.00 bits per heavy atom. The van der Waals surface area contributed by atoms with Crippen LogP contribution in [-0.2, 0) is 11.2 Å². The molecular formula is C17H27N3O. The van der Waals surface area contributed by atoms with Gasteiger partial charge in [0.15, 0.2) is 0 Å². The molecule has 1 aromatic carbocycles. The summed E-state index contributed by atoms with van der Waals surface area (Å²) in [6.07, 6.45) is 5.44. The molecule has 0 radical (unpaired) electrons. The number of amides is 1. The van der Waals surface area contributed by atoms with Crippen molar-refractivity contribution in [2.75, 3.05) is 23.7 Å². The fourth-order valence-corrected chi connectivity index (χ4v) is 2.96. The van der Waals surface area contributed by atoms with Crippen LogP contribution in [0.2, 0.25) is 0 Å². The van der Waals surface area contributed by atoms with Crippen LogP contribution < -0.4 is 16.0 Å². The van der Waals surface area contributed by atoms with Crippen molar-refractivity contribution in [3.63, 3.8) is 0 Å². The highest BCUT2D eigenvalue weighted by Gasteiger charge is 2.26. The second kappa shape index (κ2) is 7.34. The van der Waals surface area contributed by atoms with Crippen molar-refractivity contribution in [3.05, 3.63) is 23.8 Å². The van der Waals surface area contributed by atoms with E-state index in [1.54, 1.807) is 0 Å². The monoisotopic (exact) mass is 289 g/mol. The smallest absolute Gasteiger partial charge is 0.242 e. The molecule has 4 nitrogen and oxygen atoms in total. The largest absolute Gasteiger partial charge is 0.398 e. The zero-order valence-electron chi connectivity index (χ0n) is 13.2. The first-order chi connectivity index (χ1) is 10.1. The molecular weight excluding hydrogens is 262 g/mol. The van der Waals surface area contributed by atoms with Crippen molar-refractivity contribution in [1.82, 2.24) is 5.32 Å². The minimum Gasteiger partial charge on any atom is -0.398 e. The molecule has 0 spiro atoms. The average molecular weight is 289 g/mol. The number of hydrogen-bond acceptors (Lipinski definition) is 3. The third-order valence-corrected chi connectivity index (χ3v) is 4.25. The molecule has 2 rings (SSSR count). The first kappa shape index (κ1) is 15.7. The summed E-state index contributed by atoms with van der Waals surface area (Å²) < 4.78 is 0. The number of nitrogen functional groups attached to an aromatic ring is 1. The SMILES string of the molecule is CCCCCNC(=O)C(C)N1CCCc2c(N)cccc21. The Balaban J connectivity index is 2.02. The van der Waals surface area contributed by atoms with Crippen LogP contribution in [0.15, 0.2) is 18.2 Å². The number of carbonyl (C=O) groups is 1. The predicted octanol–water partition coefficient (Wildman–Crippen LogP) is 2.72. The van der Waals surface area contributed by atoms with E-state index in [9.17, 15) is 4.79 Å². The molecule has 0 aliphatic carbocycles. The number of nitrogens with zero attached hydrogens (tertiary/aromatic N) is 1. The third-order valence-electron chi connectivity index (χ3n) is 4.25. The Labute approximate surface area is 127 Å². The van der Waals surface area contributed by atoms with E-state index in [0.717, 1.165) is 50.1 Å². The van der Waals surface area contributed by atoms with Crippen LogP contribution in [0.3, 0.4) is 0 Å². The minimum absolute atomic E-state index is 0.112. The maximum Gasteiger partial charge on any atom is 0.242 e. The highest BCUT2D eigenvalue weighted by Crippen LogP contribution is 2.32. The van der Waals surface area contributed by atoms with E-state index in [4.69, 9.17) is 5.73 Å². The molecule has 1 aliphatic heterocycles. The fourth-order valence-electron chi connectivity index (χ4n) is 2.96. The lowest BCUT2D eigenvalue weighted by molar-refractivity contribution is -0.122. The Kier molecular flexibility index (Phi) is 5.48. The molecule has 1 heterocycles. The van der Waals surface area contributed by atoms with Crippen LogP contribution in [0.5, 0.6) is 0 Å². The number of rotatable bonds is 6. The van der Waals surface area contributed by atoms with E-state index in [0.29, 0.717) is 0 Å². The van der Waals surface area contributed by atoms with Gasteiger partial charge in [0.1, 0.15) is 6.04 Å². The number of nitrogens with one attached hydrogen (secondary N) is 1. The van der Waals surface area contributed by atoms with Gasteiger partial charge in [0, 0.05) is 24.5 Å². The summed E-state index contributed by atoms with van der Waals surface area (Å²) in [6.45, 7) is 5.83. The molecule has 4 heteroatoms. The van der Waals surface area contributed by atoms with Gasteiger partial charge in [-0.25, -0.2) is 0 Å². The molecule has 0 aromatic heterocycles. The van der Waals surface area contributed by atoms with Crippen LogP contribution in [-0.4, -0.2) is 25.0 Å². The van der Waals surface area contributed by atoms with E-state index in [2.05, 4.69) is 23.2 Å². The predicted molar refractivity (Wildman–Crippen MR) is 88.5 cm³/mol. The van der Waals surface area contributed by atoms with Crippen molar-refractivity contribution in [1.29, 1.82) is 0 Å². The summed E-state index contributed by atoms with van der Waals surface area (Å²) in [5, 5.41) is 3.05. The molecule has 0 saturated carbocycles. The Morgan fingerprint density at radius 1 is 1.43 bits per heavy atom. The van der Waals surface area contributed by atoms with Crippen LogP contribution in [0, 0.1) is 0 Å². The van der Waals surface area contributed by atoms with Gasteiger partial charge < -0.3 is 16.0 Å². The fraction of sp³-hybridized carbons (Fsp3) is 0.588. The zero-order chi connectivity index (χ0) is 15.2. The minimum atomic E-state index is -0.146. The van der Waals surface area contributed by atoms with Crippen molar-refractivity contribution in [3.8, 4) is 0 Å². The number of fused-ring (bicyclic) bond motifs is 1. The lowest BCUT2D eigenvalue weighted by Crippen LogP contribution is -2.47. The molecule has 1 aromatic rings. The van der Waals surface area contributed by atoms with Crippen molar-refractivity contribution < 1.29 is 4.79 Å². The summed E-state index contributed by atoms with van der Waals surface area (Å²) in [7, 11) is 0. The van der Waals surface area contributed by atoms with E-state index >= 15 is 0 Å². The van der Waals surface area contributed by atoms with E-state index in [1.807, 2.05) is 19.1 Å². The molecule has 1 aliphatic rings. The van der Waals surface area contributed by atoms with Crippen LogP contribution in [0.1, 0.15) is 45.1 Å². The third kappa shape index (κ3) is 3.69. The quantitative estimate of drug-likeness (QED) is 0.625. The van der Waals surface area contributed by atoms with Crippen LogP contribution in [0.25, 0.3) is 0 Å². The normalized spacial score (nSPS) is 15.4. The van der Waals surface area contributed by atoms with E-state index in [1.165, 1.54) is 12.0 Å². The number of anilines is 2. The maximum atomic E-state index is 12.3. The number of unbranched alkanes of at least 4 members (excludes halogenated alkanes) is 2. The number of nitrogens with two attached hydrogens (primary N) is 1. The summed E-state index contributed by atoms with van der Waals surface area (Å²) in [4.78, 5) is 14.5. The first-order valence-corrected chi connectivity index (χ1v) is 8.07. The Bertz CT molecular complexity index is 487. The summed E-state index contributed by atoms with van der Waals surface area (Å²) in [5.74, 6) is 0.112. The molecule has 1 unspecified atom stereocenters. The summed E-state index contributed by atoms with van der Waals surface area (Å²) >= 11 is 0. The van der Waals surface area contributed by atoms with Gasteiger partial charge in [-0.05, 0) is 43.9 Å². The van der Waals surface area contributed by atoms with Crippen molar-refractivity contribution in [2.45, 2.75) is 52.0 Å². The van der Waals surface area contributed by atoms with Gasteiger partial charge in [-0.2, -0.15) is 0 Å². The molecule has 3 N–H and O–H groups in total. The molecule has 1 amide bonds. The second-order valence-corrected chi connectivity index (χ2v) is 5.82. The van der Waals surface area contributed by atoms with E-state index < -0.39 is 0 Å². The lowest BCUT2D eigenvalue weighted by atomic mass is 9.98. The number of hydrogen-bond donors (Lipinski definition) is 2. The Hall–Kier alpha value is -1.71. The lowest BCUT2D eigenvalue weighted by Gasteiger charge is -2.36. The van der Waals surface area contributed by atoms with Crippen molar-refractivity contribution in [2.24, 2.45) is 0 Å². The first-order valence-electron chi connectivity index (χ1n) is 8.07. The van der Waals surface area contributed by atoms with Gasteiger partial charge in [0.05, 0.1) is 0 Å².